The van der Waals surface area contributed by atoms with Crippen molar-refractivity contribution in [2.45, 2.75) is 32.4 Å². The molecule has 2 aromatic rings. The van der Waals surface area contributed by atoms with Crippen molar-refractivity contribution in [2.24, 2.45) is 0 Å². The molecule has 3 nitrogen and oxygen atoms in total. The molecule has 0 aliphatic carbocycles. The van der Waals surface area contributed by atoms with Crippen LogP contribution in [0.1, 0.15) is 25.5 Å². The molecule has 1 aromatic carbocycles. The first-order valence-corrected chi connectivity index (χ1v) is 8.05. The van der Waals surface area contributed by atoms with Crippen molar-refractivity contribution in [3.8, 4) is 11.3 Å². The van der Waals surface area contributed by atoms with E-state index < -0.39 is 0 Å². The number of benzene rings is 1. The molecule has 4 heteroatoms. The first kappa shape index (κ1) is 15.3. The quantitative estimate of drug-likeness (QED) is 0.882. The van der Waals surface area contributed by atoms with Crippen LogP contribution in [-0.2, 0) is 6.54 Å². The summed E-state index contributed by atoms with van der Waals surface area (Å²) in [5.74, 6) is 1.47. The molecule has 2 heterocycles. The largest absolute Gasteiger partial charge is 0.460 e. The van der Waals surface area contributed by atoms with Crippen molar-refractivity contribution in [2.75, 3.05) is 19.6 Å². The number of nitrogens with one attached hydrogen (secondary N) is 1. The Kier molecular flexibility index (Phi) is 4.90. The Bertz CT molecular complexity index is 593. The van der Waals surface area contributed by atoms with Crippen LogP contribution in [0.25, 0.3) is 11.3 Å². The predicted molar refractivity (Wildman–Crippen MR) is 86.1 cm³/mol. The predicted octanol–water partition coefficient (Wildman–Crippen LogP) is 3.66. The lowest BCUT2D eigenvalue weighted by atomic mass is 10.2. The van der Waals surface area contributed by atoms with Gasteiger partial charge >= 0.3 is 0 Å². The standard InChI is InChI=1S/C18H23FN2O/c1-2-21-11-3-4-16(21)12-20-13-17-9-10-18(22-17)14-5-7-15(19)8-6-14/h5-10,16,20H,2-4,11-13H2,1H3/t16-/m1/s1. The third-order valence-corrected chi connectivity index (χ3v) is 4.37. The molecule has 0 amide bonds. The van der Waals surface area contributed by atoms with E-state index >= 15 is 0 Å². The van der Waals surface area contributed by atoms with Crippen LogP contribution < -0.4 is 5.32 Å². The summed E-state index contributed by atoms with van der Waals surface area (Å²) in [5, 5.41) is 3.49. The first-order chi connectivity index (χ1) is 10.8. The zero-order chi connectivity index (χ0) is 15.4. The number of halogens is 1. The van der Waals surface area contributed by atoms with Gasteiger partial charge in [0, 0.05) is 18.2 Å². The van der Waals surface area contributed by atoms with Crippen molar-refractivity contribution < 1.29 is 8.81 Å². The Morgan fingerprint density at radius 2 is 2.05 bits per heavy atom. The molecular formula is C18H23FN2O. The van der Waals surface area contributed by atoms with E-state index in [1.165, 1.54) is 31.5 Å². The summed E-state index contributed by atoms with van der Waals surface area (Å²) >= 11 is 0. The van der Waals surface area contributed by atoms with Crippen LogP contribution in [0, 0.1) is 5.82 Å². The minimum absolute atomic E-state index is 0.228. The molecule has 0 bridgehead atoms. The number of rotatable bonds is 6. The summed E-state index contributed by atoms with van der Waals surface area (Å²) in [4.78, 5) is 2.53. The second-order valence-corrected chi connectivity index (χ2v) is 5.83. The van der Waals surface area contributed by atoms with Crippen molar-refractivity contribution in [1.82, 2.24) is 10.2 Å². The van der Waals surface area contributed by atoms with Crippen molar-refractivity contribution in [1.29, 1.82) is 0 Å². The van der Waals surface area contributed by atoms with Gasteiger partial charge in [-0.2, -0.15) is 0 Å². The van der Waals surface area contributed by atoms with Gasteiger partial charge in [-0.05, 0) is 62.3 Å². The van der Waals surface area contributed by atoms with Crippen LogP contribution >= 0.6 is 0 Å². The van der Waals surface area contributed by atoms with Crippen LogP contribution in [0.15, 0.2) is 40.8 Å². The molecule has 118 valence electrons. The molecule has 1 N–H and O–H groups in total. The molecule has 0 radical (unpaired) electrons. The number of likely N-dealkylation sites (N-methyl/N-ethyl adjacent to an activating group) is 1. The van der Waals surface area contributed by atoms with Gasteiger partial charge in [-0.25, -0.2) is 4.39 Å². The van der Waals surface area contributed by atoms with Gasteiger partial charge in [0.15, 0.2) is 0 Å². The van der Waals surface area contributed by atoms with E-state index in [0.29, 0.717) is 6.04 Å². The SMILES string of the molecule is CCN1CCC[C@@H]1CNCc1ccc(-c2ccc(F)cc2)o1. The van der Waals surface area contributed by atoms with Crippen LogP contribution in [0.5, 0.6) is 0 Å². The van der Waals surface area contributed by atoms with E-state index in [-0.39, 0.29) is 5.82 Å². The Balaban J connectivity index is 1.52. The van der Waals surface area contributed by atoms with E-state index in [1.54, 1.807) is 12.1 Å². The number of furan rings is 1. The fourth-order valence-corrected chi connectivity index (χ4v) is 3.15. The second-order valence-electron chi connectivity index (χ2n) is 5.83. The summed E-state index contributed by atoms with van der Waals surface area (Å²) in [5.41, 5.74) is 0.903. The van der Waals surface area contributed by atoms with Crippen LogP contribution in [0.2, 0.25) is 0 Å². The molecule has 1 aliphatic heterocycles. The Morgan fingerprint density at radius 1 is 1.23 bits per heavy atom. The highest BCUT2D eigenvalue weighted by Gasteiger charge is 2.22. The number of hydrogen-bond donors (Lipinski definition) is 1. The lowest BCUT2D eigenvalue weighted by Crippen LogP contribution is -2.37. The Morgan fingerprint density at radius 3 is 2.82 bits per heavy atom. The van der Waals surface area contributed by atoms with E-state index in [1.807, 2.05) is 12.1 Å². The van der Waals surface area contributed by atoms with Crippen molar-refractivity contribution in [3.63, 3.8) is 0 Å². The third-order valence-electron chi connectivity index (χ3n) is 4.37. The van der Waals surface area contributed by atoms with Crippen LogP contribution in [0.3, 0.4) is 0 Å². The zero-order valence-corrected chi connectivity index (χ0v) is 13.0. The minimum Gasteiger partial charge on any atom is -0.460 e. The molecular weight excluding hydrogens is 279 g/mol. The number of hydrogen-bond acceptors (Lipinski definition) is 3. The lowest BCUT2D eigenvalue weighted by Gasteiger charge is -2.22. The fraction of sp³-hybridized carbons (Fsp3) is 0.444. The van der Waals surface area contributed by atoms with Crippen LogP contribution in [-0.4, -0.2) is 30.6 Å². The molecule has 0 saturated carbocycles. The Hall–Kier alpha value is -1.65. The summed E-state index contributed by atoms with van der Waals surface area (Å²) in [7, 11) is 0. The summed E-state index contributed by atoms with van der Waals surface area (Å²) in [6.45, 7) is 6.30. The van der Waals surface area contributed by atoms with Crippen molar-refractivity contribution >= 4 is 0 Å². The van der Waals surface area contributed by atoms with E-state index in [0.717, 1.165) is 36.7 Å². The van der Waals surface area contributed by atoms with Gasteiger partial charge in [0.25, 0.3) is 0 Å². The zero-order valence-electron chi connectivity index (χ0n) is 13.0. The maximum atomic E-state index is 12.9. The smallest absolute Gasteiger partial charge is 0.134 e. The first-order valence-electron chi connectivity index (χ1n) is 8.05. The van der Waals surface area contributed by atoms with Gasteiger partial charge in [-0.3, -0.25) is 4.90 Å². The third kappa shape index (κ3) is 3.57. The van der Waals surface area contributed by atoms with Crippen molar-refractivity contribution in [3.05, 3.63) is 48.0 Å². The monoisotopic (exact) mass is 302 g/mol. The Labute approximate surface area is 131 Å². The van der Waals surface area contributed by atoms with Gasteiger partial charge in [0.2, 0.25) is 0 Å². The second kappa shape index (κ2) is 7.07. The van der Waals surface area contributed by atoms with Gasteiger partial charge in [-0.15, -0.1) is 0 Å². The molecule has 0 unspecified atom stereocenters. The van der Waals surface area contributed by atoms with E-state index in [4.69, 9.17) is 4.42 Å². The minimum atomic E-state index is -0.228. The average Bonchev–Trinajstić information content (AvgIpc) is 3.17. The van der Waals surface area contributed by atoms with Gasteiger partial charge in [-0.1, -0.05) is 6.92 Å². The highest BCUT2D eigenvalue weighted by molar-refractivity contribution is 5.57. The average molecular weight is 302 g/mol. The van der Waals surface area contributed by atoms with Gasteiger partial charge in [0.1, 0.15) is 17.3 Å². The lowest BCUT2D eigenvalue weighted by molar-refractivity contribution is 0.258. The molecule has 3 rings (SSSR count). The molecule has 1 atom stereocenters. The summed E-state index contributed by atoms with van der Waals surface area (Å²) < 4.78 is 18.8. The summed E-state index contributed by atoms with van der Waals surface area (Å²) in [6, 6.07) is 11.0. The molecule has 1 aliphatic rings. The molecule has 0 spiro atoms. The number of likely N-dealkylation sites (tertiary alicyclic amines) is 1. The van der Waals surface area contributed by atoms with E-state index in [2.05, 4.69) is 17.1 Å². The topological polar surface area (TPSA) is 28.4 Å². The molecule has 1 fully saturated rings. The molecule has 22 heavy (non-hydrogen) atoms. The van der Waals surface area contributed by atoms with E-state index in [9.17, 15) is 4.39 Å². The molecule has 1 aromatic heterocycles. The van der Waals surface area contributed by atoms with Gasteiger partial charge in [0.05, 0.1) is 6.54 Å². The van der Waals surface area contributed by atoms with Gasteiger partial charge < -0.3 is 9.73 Å². The highest BCUT2D eigenvalue weighted by atomic mass is 19.1. The maximum Gasteiger partial charge on any atom is 0.134 e. The molecule has 1 saturated heterocycles. The summed E-state index contributed by atoms with van der Waals surface area (Å²) in [6.07, 6.45) is 2.58. The highest BCUT2D eigenvalue weighted by Crippen LogP contribution is 2.22. The maximum absolute atomic E-state index is 12.9. The normalized spacial score (nSPS) is 18.9. The van der Waals surface area contributed by atoms with Crippen LogP contribution in [0.4, 0.5) is 4.39 Å². The fourth-order valence-electron chi connectivity index (χ4n) is 3.15. The number of nitrogens with zero attached hydrogens (tertiary/aromatic N) is 1.